The molecule has 10 aromatic carbocycles. The summed E-state index contributed by atoms with van der Waals surface area (Å²) in [6.07, 6.45) is 0. The molecule has 1 heterocycles. The van der Waals surface area contributed by atoms with Crippen LogP contribution >= 0.6 is 0 Å². The molecule has 0 spiro atoms. The molecular formula is C54H35NO. The van der Waals surface area contributed by atoms with Gasteiger partial charge in [-0.2, -0.15) is 0 Å². The first kappa shape index (κ1) is 32.0. The Bertz CT molecular complexity index is 3240. The molecule has 2 heteroatoms. The van der Waals surface area contributed by atoms with Crippen LogP contribution < -0.4 is 4.90 Å². The molecule has 2 nitrogen and oxygen atoms in total. The van der Waals surface area contributed by atoms with E-state index in [9.17, 15) is 0 Å². The molecule has 1 aromatic heterocycles. The Hall–Kier alpha value is -7.42. The van der Waals surface area contributed by atoms with Gasteiger partial charge in [-0.1, -0.05) is 170 Å². The van der Waals surface area contributed by atoms with Gasteiger partial charge < -0.3 is 9.32 Å². The van der Waals surface area contributed by atoms with Crippen molar-refractivity contribution in [1.82, 2.24) is 0 Å². The van der Waals surface area contributed by atoms with Gasteiger partial charge in [0.2, 0.25) is 0 Å². The predicted molar refractivity (Wildman–Crippen MR) is 237 cm³/mol. The number of anilines is 3. The van der Waals surface area contributed by atoms with Gasteiger partial charge in [0.15, 0.2) is 0 Å². The van der Waals surface area contributed by atoms with Gasteiger partial charge >= 0.3 is 0 Å². The van der Waals surface area contributed by atoms with E-state index in [-0.39, 0.29) is 0 Å². The van der Waals surface area contributed by atoms with Crippen LogP contribution in [0.1, 0.15) is 0 Å². The SMILES string of the molecule is c1ccc(N(c2ccc(-c3cccc4ccccc34)cc2)c2ccc(-c3cccc4c3ccc3ccccc34)cc2)c(-c2cccc3oc4ccccc4c23)c1. The third kappa shape index (κ3) is 5.26. The van der Waals surface area contributed by atoms with Crippen LogP contribution in [-0.4, -0.2) is 0 Å². The highest BCUT2D eigenvalue weighted by molar-refractivity contribution is 6.14. The van der Waals surface area contributed by atoms with Gasteiger partial charge in [-0.05, 0) is 103 Å². The Morgan fingerprint density at radius 1 is 0.286 bits per heavy atom. The van der Waals surface area contributed by atoms with Gasteiger partial charge in [0.1, 0.15) is 11.2 Å². The van der Waals surface area contributed by atoms with Crippen LogP contribution in [0.3, 0.4) is 0 Å². The monoisotopic (exact) mass is 713 g/mol. The number of hydrogen-bond acceptors (Lipinski definition) is 2. The van der Waals surface area contributed by atoms with Crippen molar-refractivity contribution < 1.29 is 4.42 Å². The lowest BCUT2D eigenvalue weighted by atomic mass is 9.94. The highest BCUT2D eigenvalue weighted by Gasteiger charge is 2.21. The van der Waals surface area contributed by atoms with E-state index in [1.54, 1.807) is 0 Å². The van der Waals surface area contributed by atoms with E-state index < -0.39 is 0 Å². The van der Waals surface area contributed by atoms with Gasteiger partial charge in [0.25, 0.3) is 0 Å². The van der Waals surface area contributed by atoms with E-state index >= 15 is 0 Å². The Balaban J connectivity index is 1.08. The maximum Gasteiger partial charge on any atom is 0.136 e. The summed E-state index contributed by atoms with van der Waals surface area (Å²) in [4.78, 5) is 2.39. The molecule has 0 saturated heterocycles. The Morgan fingerprint density at radius 2 is 0.786 bits per heavy atom. The summed E-state index contributed by atoms with van der Waals surface area (Å²) in [6, 6.07) is 76.5. The Morgan fingerprint density at radius 3 is 1.55 bits per heavy atom. The molecule has 0 aliphatic heterocycles. The van der Waals surface area contributed by atoms with Gasteiger partial charge in [0, 0.05) is 27.7 Å². The van der Waals surface area contributed by atoms with E-state index in [2.05, 4.69) is 211 Å². The first-order valence-electron chi connectivity index (χ1n) is 19.2. The standard InChI is InChI=1S/C54H35NO/c1-3-15-42-36(12-1)14-9-19-43(42)38-26-31-40(32-27-38)55(51-23-7-5-17-48(51)49-22-11-25-53-54(49)50-18-6-8-24-52(50)56-53)41-33-28-39(29-34-41)45-20-10-21-46-44-16-4-2-13-37(44)30-35-47(45)46/h1-35H. The van der Waals surface area contributed by atoms with Crippen molar-refractivity contribution in [2.24, 2.45) is 0 Å². The summed E-state index contributed by atoms with van der Waals surface area (Å²) in [5.74, 6) is 0. The van der Waals surface area contributed by atoms with Crippen LogP contribution in [0.5, 0.6) is 0 Å². The molecule has 0 N–H and O–H groups in total. The zero-order chi connectivity index (χ0) is 37.0. The predicted octanol–water partition coefficient (Wildman–Crippen LogP) is 15.5. The Kier molecular flexibility index (Phi) is 7.53. The smallest absolute Gasteiger partial charge is 0.136 e. The number of nitrogens with zero attached hydrogens (tertiary/aromatic N) is 1. The molecule has 0 aliphatic rings. The van der Waals surface area contributed by atoms with Crippen molar-refractivity contribution >= 4 is 71.3 Å². The number of furan rings is 1. The van der Waals surface area contributed by atoms with Crippen LogP contribution in [0, 0.1) is 0 Å². The van der Waals surface area contributed by atoms with E-state index in [0.717, 1.165) is 50.1 Å². The van der Waals surface area contributed by atoms with Crippen molar-refractivity contribution in [3.05, 3.63) is 212 Å². The van der Waals surface area contributed by atoms with Gasteiger partial charge in [0.05, 0.1) is 5.69 Å². The lowest BCUT2D eigenvalue weighted by Crippen LogP contribution is -2.11. The fourth-order valence-corrected chi connectivity index (χ4v) is 8.67. The average Bonchev–Trinajstić information content (AvgIpc) is 3.66. The van der Waals surface area contributed by atoms with E-state index in [1.165, 1.54) is 54.6 Å². The third-order valence-electron chi connectivity index (χ3n) is 11.3. The number of fused-ring (bicyclic) bond motifs is 7. The maximum atomic E-state index is 6.37. The minimum Gasteiger partial charge on any atom is -0.456 e. The fourth-order valence-electron chi connectivity index (χ4n) is 8.67. The summed E-state index contributed by atoms with van der Waals surface area (Å²) in [7, 11) is 0. The molecule has 0 amide bonds. The van der Waals surface area contributed by atoms with Crippen molar-refractivity contribution in [2.45, 2.75) is 0 Å². The molecular weight excluding hydrogens is 679 g/mol. The van der Waals surface area contributed by atoms with Crippen molar-refractivity contribution in [3.63, 3.8) is 0 Å². The molecule has 262 valence electrons. The third-order valence-corrected chi connectivity index (χ3v) is 11.3. The highest BCUT2D eigenvalue weighted by Crippen LogP contribution is 2.45. The van der Waals surface area contributed by atoms with Crippen LogP contribution in [0.4, 0.5) is 17.1 Å². The number of hydrogen-bond donors (Lipinski definition) is 0. The van der Waals surface area contributed by atoms with Gasteiger partial charge in [-0.25, -0.2) is 0 Å². The normalized spacial score (nSPS) is 11.6. The molecule has 0 radical (unpaired) electrons. The minimum atomic E-state index is 0.886. The summed E-state index contributed by atoms with van der Waals surface area (Å²) in [5, 5.41) is 9.79. The quantitative estimate of drug-likeness (QED) is 0.160. The van der Waals surface area contributed by atoms with Gasteiger partial charge in [-0.3, -0.25) is 0 Å². The molecule has 0 unspecified atom stereocenters. The summed E-state index contributed by atoms with van der Waals surface area (Å²) in [5.41, 5.74) is 12.1. The Labute approximate surface area is 325 Å². The molecule has 0 bridgehead atoms. The molecule has 0 atom stereocenters. The average molecular weight is 714 g/mol. The van der Waals surface area contributed by atoms with Crippen LogP contribution in [0.15, 0.2) is 217 Å². The molecule has 0 saturated carbocycles. The summed E-state index contributed by atoms with van der Waals surface area (Å²) >= 11 is 0. The minimum absolute atomic E-state index is 0.886. The number of para-hydroxylation sites is 2. The van der Waals surface area contributed by atoms with E-state index in [0.29, 0.717) is 0 Å². The fraction of sp³-hybridized carbons (Fsp3) is 0. The van der Waals surface area contributed by atoms with Crippen molar-refractivity contribution in [1.29, 1.82) is 0 Å². The molecule has 56 heavy (non-hydrogen) atoms. The molecule has 11 rings (SSSR count). The molecule has 0 fully saturated rings. The highest BCUT2D eigenvalue weighted by atomic mass is 16.3. The second-order valence-electron chi connectivity index (χ2n) is 14.4. The maximum absolute atomic E-state index is 6.37. The van der Waals surface area contributed by atoms with E-state index in [1.807, 2.05) is 6.07 Å². The number of rotatable bonds is 6. The number of benzene rings is 10. The van der Waals surface area contributed by atoms with Crippen LogP contribution in [0.2, 0.25) is 0 Å². The van der Waals surface area contributed by atoms with Crippen molar-refractivity contribution in [3.8, 4) is 33.4 Å². The lowest BCUT2D eigenvalue weighted by molar-refractivity contribution is 0.669. The zero-order valence-electron chi connectivity index (χ0n) is 30.6. The van der Waals surface area contributed by atoms with E-state index in [4.69, 9.17) is 4.42 Å². The van der Waals surface area contributed by atoms with Crippen molar-refractivity contribution in [2.75, 3.05) is 4.90 Å². The lowest BCUT2D eigenvalue weighted by Gasteiger charge is -2.28. The van der Waals surface area contributed by atoms with Crippen LogP contribution in [-0.2, 0) is 0 Å². The second-order valence-corrected chi connectivity index (χ2v) is 14.4. The summed E-state index contributed by atoms with van der Waals surface area (Å²) < 4.78 is 6.37. The second kappa shape index (κ2) is 13.2. The topological polar surface area (TPSA) is 16.4 Å². The van der Waals surface area contributed by atoms with Gasteiger partial charge in [-0.15, -0.1) is 0 Å². The molecule has 0 aliphatic carbocycles. The molecule has 11 aromatic rings. The first-order valence-corrected chi connectivity index (χ1v) is 19.2. The summed E-state index contributed by atoms with van der Waals surface area (Å²) in [6.45, 7) is 0. The van der Waals surface area contributed by atoms with Crippen LogP contribution in [0.25, 0.3) is 87.6 Å². The zero-order valence-corrected chi connectivity index (χ0v) is 30.6. The largest absolute Gasteiger partial charge is 0.456 e. The first-order chi connectivity index (χ1) is 27.8.